The van der Waals surface area contributed by atoms with Gasteiger partial charge in [-0.1, -0.05) is 6.07 Å². The maximum absolute atomic E-state index is 13.3. The van der Waals surface area contributed by atoms with Gasteiger partial charge in [-0.05, 0) is 35.9 Å². The third-order valence-corrected chi connectivity index (χ3v) is 3.26. The fourth-order valence-electron chi connectivity index (χ4n) is 2.29. The second-order valence-electron chi connectivity index (χ2n) is 4.52. The van der Waals surface area contributed by atoms with Crippen LogP contribution in [0.4, 0.5) is 4.39 Å². The summed E-state index contributed by atoms with van der Waals surface area (Å²) in [7, 11) is 1.74. The van der Waals surface area contributed by atoms with Crippen molar-refractivity contribution in [3.05, 3.63) is 47.9 Å². The van der Waals surface area contributed by atoms with E-state index in [1.54, 1.807) is 29.9 Å². The summed E-state index contributed by atoms with van der Waals surface area (Å²) in [4.78, 5) is 11.0. The standard InChI is InChI=1S/C15H11FN2O2/c1-18-14-4-2-9(6-12(14)13(8-19)17-18)11-7-10(16)3-5-15(11)20/h2-8,20H,1H3. The van der Waals surface area contributed by atoms with Gasteiger partial charge in [0.15, 0.2) is 6.29 Å². The van der Waals surface area contributed by atoms with Crippen molar-refractivity contribution in [3.63, 3.8) is 0 Å². The zero-order valence-corrected chi connectivity index (χ0v) is 10.7. The van der Waals surface area contributed by atoms with Crippen molar-refractivity contribution >= 4 is 17.2 Å². The molecule has 0 aliphatic heterocycles. The van der Waals surface area contributed by atoms with Gasteiger partial charge in [-0.2, -0.15) is 5.10 Å². The van der Waals surface area contributed by atoms with E-state index in [0.29, 0.717) is 28.5 Å². The first kappa shape index (κ1) is 12.3. The molecule has 5 heteroatoms. The van der Waals surface area contributed by atoms with E-state index in [9.17, 15) is 14.3 Å². The van der Waals surface area contributed by atoms with Gasteiger partial charge in [0.05, 0.1) is 5.52 Å². The lowest BCUT2D eigenvalue weighted by Crippen LogP contribution is -1.90. The molecule has 100 valence electrons. The second kappa shape index (κ2) is 4.45. The van der Waals surface area contributed by atoms with Crippen LogP contribution in [-0.4, -0.2) is 21.2 Å². The van der Waals surface area contributed by atoms with Gasteiger partial charge in [0, 0.05) is 18.0 Å². The van der Waals surface area contributed by atoms with E-state index < -0.39 is 5.82 Å². The zero-order valence-electron chi connectivity index (χ0n) is 10.7. The fraction of sp³-hybridized carbons (Fsp3) is 0.0667. The first-order valence-corrected chi connectivity index (χ1v) is 6.01. The van der Waals surface area contributed by atoms with Crippen LogP contribution in [0.15, 0.2) is 36.4 Å². The molecule has 3 aromatic rings. The molecule has 1 N–H and O–H groups in total. The summed E-state index contributed by atoms with van der Waals surface area (Å²) in [6, 6.07) is 9.02. The smallest absolute Gasteiger partial charge is 0.170 e. The minimum Gasteiger partial charge on any atom is -0.507 e. The Balaban J connectivity index is 2.27. The number of aromatic nitrogens is 2. The highest BCUT2D eigenvalue weighted by molar-refractivity contribution is 5.97. The molecule has 0 amide bonds. The van der Waals surface area contributed by atoms with E-state index >= 15 is 0 Å². The summed E-state index contributed by atoms with van der Waals surface area (Å²) in [6.45, 7) is 0. The molecule has 20 heavy (non-hydrogen) atoms. The molecule has 1 heterocycles. The fourth-order valence-corrected chi connectivity index (χ4v) is 2.29. The van der Waals surface area contributed by atoms with Gasteiger partial charge in [-0.25, -0.2) is 4.39 Å². The van der Waals surface area contributed by atoms with Crippen LogP contribution >= 0.6 is 0 Å². The minimum atomic E-state index is -0.431. The number of aryl methyl sites for hydroxylation is 1. The van der Waals surface area contributed by atoms with Crippen LogP contribution in [0.25, 0.3) is 22.0 Å². The molecule has 0 aliphatic carbocycles. The molecule has 0 radical (unpaired) electrons. The van der Waals surface area contributed by atoms with Crippen LogP contribution < -0.4 is 0 Å². The number of rotatable bonds is 2. The highest BCUT2D eigenvalue weighted by Gasteiger charge is 2.11. The quantitative estimate of drug-likeness (QED) is 0.728. The minimum absolute atomic E-state index is 0.0118. The predicted molar refractivity (Wildman–Crippen MR) is 73.2 cm³/mol. The highest BCUT2D eigenvalue weighted by Crippen LogP contribution is 2.32. The molecule has 1 aromatic heterocycles. The number of halogens is 1. The Kier molecular flexibility index (Phi) is 2.75. The van der Waals surface area contributed by atoms with Crippen molar-refractivity contribution in [3.8, 4) is 16.9 Å². The molecule has 0 aliphatic rings. The monoisotopic (exact) mass is 270 g/mol. The van der Waals surface area contributed by atoms with Crippen LogP contribution in [0.1, 0.15) is 10.5 Å². The van der Waals surface area contributed by atoms with E-state index in [1.165, 1.54) is 18.2 Å². The molecule has 2 aromatic carbocycles. The molecular weight excluding hydrogens is 259 g/mol. The van der Waals surface area contributed by atoms with E-state index in [1.807, 2.05) is 0 Å². The Bertz CT molecular complexity index is 824. The summed E-state index contributed by atoms with van der Waals surface area (Å²) in [6.07, 6.45) is 0.678. The number of phenols is 1. The maximum Gasteiger partial charge on any atom is 0.170 e. The molecule has 0 atom stereocenters. The van der Waals surface area contributed by atoms with Gasteiger partial charge in [-0.15, -0.1) is 0 Å². The number of fused-ring (bicyclic) bond motifs is 1. The number of aldehydes is 1. The lowest BCUT2D eigenvalue weighted by Gasteiger charge is -2.05. The normalized spacial score (nSPS) is 10.9. The summed E-state index contributed by atoms with van der Waals surface area (Å²) < 4.78 is 14.9. The average molecular weight is 270 g/mol. The molecule has 0 spiro atoms. The van der Waals surface area contributed by atoms with E-state index in [0.717, 1.165) is 5.52 Å². The second-order valence-corrected chi connectivity index (χ2v) is 4.52. The number of hydrogen-bond donors (Lipinski definition) is 1. The Morgan fingerprint density at radius 3 is 2.80 bits per heavy atom. The maximum atomic E-state index is 13.3. The van der Waals surface area contributed by atoms with Crippen LogP contribution in [-0.2, 0) is 7.05 Å². The highest BCUT2D eigenvalue weighted by atomic mass is 19.1. The van der Waals surface area contributed by atoms with Crippen molar-refractivity contribution in [1.29, 1.82) is 0 Å². The number of phenolic OH excluding ortho intramolecular Hbond substituents is 1. The number of hydrogen-bond acceptors (Lipinski definition) is 3. The number of carbonyl (C=O) groups is 1. The molecule has 4 nitrogen and oxygen atoms in total. The molecular formula is C15H11FN2O2. The summed E-state index contributed by atoms with van der Waals surface area (Å²) >= 11 is 0. The molecule has 0 saturated heterocycles. The Labute approximate surface area is 114 Å². The summed E-state index contributed by atoms with van der Waals surface area (Å²) in [5.74, 6) is -0.443. The van der Waals surface area contributed by atoms with E-state index in [4.69, 9.17) is 0 Å². The summed E-state index contributed by atoms with van der Waals surface area (Å²) in [5.41, 5.74) is 2.13. The predicted octanol–water partition coefficient (Wildman–Crippen LogP) is 2.90. The van der Waals surface area contributed by atoms with Gasteiger partial charge in [0.25, 0.3) is 0 Å². The molecule has 3 rings (SSSR count). The van der Waals surface area contributed by atoms with Crippen LogP contribution in [0.2, 0.25) is 0 Å². The topological polar surface area (TPSA) is 55.1 Å². The Morgan fingerprint density at radius 2 is 2.05 bits per heavy atom. The van der Waals surface area contributed by atoms with Gasteiger partial charge in [0.2, 0.25) is 0 Å². The largest absolute Gasteiger partial charge is 0.507 e. The van der Waals surface area contributed by atoms with Gasteiger partial charge >= 0.3 is 0 Å². The average Bonchev–Trinajstić information content (AvgIpc) is 2.77. The SMILES string of the molecule is Cn1nc(C=O)c2cc(-c3cc(F)ccc3O)ccc21. The Hall–Kier alpha value is -2.69. The lowest BCUT2D eigenvalue weighted by atomic mass is 10.0. The van der Waals surface area contributed by atoms with Crippen molar-refractivity contribution in [2.45, 2.75) is 0 Å². The van der Waals surface area contributed by atoms with Crippen LogP contribution in [0, 0.1) is 5.82 Å². The third kappa shape index (κ3) is 1.84. The van der Waals surface area contributed by atoms with Gasteiger partial charge < -0.3 is 5.11 Å². The van der Waals surface area contributed by atoms with Crippen molar-refractivity contribution in [2.24, 2.45) is 7.05 Å². The van der Waals surface area contributed by atoms with Gasteiger partial charge in [0.1, 0.15) is 17.3 Å². The van der Waals surface area contributed by atoms with Crippen molar-refractivity contribution in [2.75, 3.05) is 0 Å². The van der Waals surface area contributed by atoms with E-state index in [-0.39, 0.29) is 5.75 Å². The first-order valence-electron chi connectivity index (χ1n) is 6.01. The van der Waals surface area contributed by atoms with Crippen LogP contribution in [0.3, 0.4) is 0 Å². The number of carbonyl (C=O) groups excluding carboxylic acids is 1. The lowest BCUT2D eigenvalue weighted by molar-refractivity contribution is 0.111. The number of nitrogens with zero attached hydrogens (tertiary/aromatic N) is 2. The number of aromatic hydroxyl groups is 1. The van der Waals surface area contributed by atoms with Crippen LogP contribution in [0.5, 0.6) is 5.75 Å². The van der Waals surface area contributed by atoms with Crippen molar-refractivity contribution in [1.82, 2.24) is 9.78 Å². The molecule has 0 bridgehead atoms. The molecule has 0 unspecified atom stereocenters. The zero-order chi connectivity index (χ0) is 14.3. The summed E-state index contributed by atoms with van der Waals surface area (Å²) in [5, 5.41) is 14.6. The molecule has 0 saturated carbocycles. The Morgan fingerprint density at radius 1 is 1.25 bits per heavy atom. The number of benzene rings is 2. The van der Waals surface area contributed by atoms with Crippen molar-refractivity contribution < 1.29 is 14.3 Å². The van der Waals surface area contributed by atoms with Gasteiger partial charge in [-0.3, -0.25) is 9.48 Å². The van der Waals surface area contributed by atoms with E-state index in [2.05, 4.69) is 5.10 Å². The molecule has 0 fully saturated rings. The first-order chi connectivity index (χ1) is 9.60. The third-order valence-electron chi connectivity index (χ3n) is 3.26.